The second-order valence-corrected chi connectivity index (χ2v) is 5.11. The SMILES string of the molecule is O=C1NCCN(C(=O)Nc2cccc(C(F)(F)F)c2F)[C@H]1CCO. The topological polar surface area (TPSA) is 81.7 Å². The first-order valence-electron chi connectivity index (χ1n) is 7.07. The Morgan fingerprint density at radius 3 is 2.75 bits per heavy atom. The van der Waals surface area contributed by atoms with Gasteiger partial charge in [0.1, 0.15) is 6.04 Å². The molecule has 0 saturated carbocycles. The molecule has 0 spiro atoms. The molecule has 1 aliphatic rings. The van der Waals surface area contributed by atoms with Crippen molar-refractivity contribution >= 4 is 17.6 Å². The molecule has 1 saturated heterocycles. The van der Waals surface area contributed by atoms with Gasteiger partial charge < -0.3 is 20.6 Å². The average molecular weight is 349 g/mol. The highest BCUT2D eigenvalue weighted by Crippen LogP contribution is 2.34. The molecule has 3 N–H and O–H groups in total. The molecule has 1 aliphatic heterocycles. The number of aliphatic hydroxyl groups excluding tert-OH is 1. The first kappa shape index (κ1) is 18.0. The van der Waals surface area contributed by atoms with Crippen LogP contribution in [0.4, 0.5) is 28.0 Å². The minimum absolute atomic E-state index is 0.0374. The molecule has 6 nitrogen and oxygen atoms in total. The number of alkyl halides is 3. The van der Waals surface area contributed by atoms with E-state index in [1.807, 2.05) is 0 Å². The number of carbonyl (C=O) groups excluding carboxylic acids is 2. The molecule has 24 heavy (non-hydrogen) atoms. The number of aliphatic hydroxyl groups is 1. The number of urea groups is 1. The summed E-state index contributed by atoms with van der Waals surface area (Å²) in [7, 11) is 0. The van der Waals surface area contributed by atoms with Crippen molar-refractivity contribution in [1.82, 2.24) is 10.2 Å². The summed E-state index contributed by atoms with van der Waals surface area (Å²) in [6, 6.07) is 0.635. The van der Waals surface area contributed by atoms with E-state index < -0.39 is 41.2 Å². The second kappa shape index (κ2) is 7.04. The standard InChI is InChI=1S/C14H15F4N3O3/c15-11-8(14(16,17)18)2-1-3-9(11)20-13(24)21-6-5-19-12(23)10(21)4-7-22/h1-3,10,22H,4-7H2,(H,19,23)(H,20,24)/t10-/m0/s1. The van der Waals surface area contributed by atoms with Crippen molar-refractivity contribution < 1.29 is 32.3 Å². The van der Waals surface area contributed by atoms with Gasteiger partial charge in [0.25, 0.3) is 0 Å². The maximum atomic E-state index is 13.9. The summed E-state index contributed by atoms with van der Waals surface area (Å²) < 4.78 is 52.0. The van der Waals surface area contributed by atoms with Crippen LogP contribution in [-0.4, -0.2) is 47.7 Å². The Labute approximate surface area is 134 Å². The highest BCUT2D eigenvalue weighted by atomic mass is 19.4. The maximum absolute atomic E-state index is 13.9. The van der Waals surface area contributed by atoms with Crippen molar-refractivity contribution in [3.05, 3.63) is 29.6 Å². The lowest BCUT2D eigenvalue weighted by Gasteiger charge is -2.34. The number of benzene rings is 1. The predicted molar refractivity (Wildman–Crippen MR) is 75.6 cm³/mol. The summed E-state index contributed by atoms with van der Waals surface area (Å²) in [5.41, 5.74) is -2.13. The van der Waals surface area contributed by atoms with E-state index in [4.69, 9.17) is 5.11 Å². The number of piperazine rings is 1. The lowest BCUT2D eigenvalue weighted by atomic mass is 10.1. The lowest BCUT2D eigenvalue weighted by molar-refractivity contribution is -0.139. The molecule has 10 heteroatoms. The van der Waals surface area contributed by atoms with E-state index >= 15 is 0 Å². The van der Waals surface area contributed by atoms with Crippen molar-refractivity contribution in [2.24, 2.45) is 0 Å². The Balaban J connectivity index is 2.21. The fourth-order valence-electron chi connectivity index (χ4n) is 2.40. The van der Waals surface area contributed by atoms with Crippen molar-refractivity contribution in [2.45, 2.75) is 18.6 Å². The molecule has 1 heterocycles. The van der Waals surface area contributed by atoms with Crippen LogP contribution in [0.15, 0.2) is 18.2 Å². The highest BCUT2D eigenvalue weighted by Gasteiger charge is 2.36. The fourth-order valence-corrected chi connectivity index (χ4v) is 2.40. The van der Waals surface area contributed by atoms with Gasteiger partial charge in [0, 0.05) is 19.7 Å². The van der Waals surface area contributed by atoms with E-state index in [0.717, 1.165) is 17.0 Å². The molecule has 0 aromatic heterocycles. The van der Waals surface area contributed by atoms with Crippen molar-refractivity contribution in [3.63, 3.8) is 0 Å². The van der Waals surface area contributed by atoms with Crippen LogP contribution in [0.25, 0.3) is 0 Å². The Morgan fingerprint density at radius 2 is 2.12 bits per heavy atom. The summed E-state index contributed by atoms with van der Waals surface area (Å²) in [6.45, 7) is -0.123. The molecular weight excluding hydrogens is 334 g/mol. The number of halogens is 4. The van der Waals surface area contributed by atoms with Crippen LogP contribution in [0.3, 0.4) is 0 Å². The summed E-state index contributed by atoms with van der Waals surface area (Å²) >= 11 is 0. The van der Waals surface area contributed by atoms with Gasteiger partial charge in [-0.1, -0.05) is 6.07 Å². The zero-order valence-corrected chi connectivity index (χ0v) is 12.4. The number of rotatable bonds is 3. The number of amides is 3. The molecule has 0 radical (unpaired) electrons. The fraction of sp³-hybridized carbons (Fsp3) is 0.429. The van der Waals surface area contributed by atoms with Crippen LogP contribution in [0.5, 0.6) is 0 Å². The van der Waals surface area contributed by atoms with Crippen molar-refractivity contribution in [1.29, 1.82) is 0 Å². The lowest BCUT2D eigenvalue weighted by Crippen LogP contribution is -2.58. The Morgan fingerprint density at radius 1 is 1.42 bits per heavy atom. The Hall–Kier alpha value is -2.36. The quantitative estimate of drug-likeness (QED) is 0.725. The second-order valence-electron chi connectivity index (χ2n) is 5.11. The van der Waals surface area contributed by atoms with E-state index in [-0.39, 0.29) is 26.1 Å². The molecule has 1 aromatic carbocycles. The van der Waals surface area contributed by atoms with Gasteiger partial charge in [0.15, 0.2) is 5.82 Å². The number of nitrogens with one attached hydrogen (secondary N) is 2. The third kappa shape index (κ3) is 3.75. The summed E-state index contributed by atoms with van der Waals surface area (Å²) in [4.78, 5) is 25.0. The number of hydrogen-bond donors (Lipinski definition) is 3. The third-order valence-corrected chi connectivity index (χ3v) is 3.54. The number of nitrogens with zero attached hydrogens (tertiary/aromatic N) is 1. The molecule has 1 atom stereocenters. The summed E-state index contributed by atoms with van der Waals surface area (Å²) in [5.74, 6) is -2.09. The van der Waals surface area contributed by atoms with Gasteiger partial charge >= 0.3 is 12.2 Å². The minimum Gasteiger partial charge on any atom is -0.396 e. The van der Waals surface area contributed by atoms with Crippen LogP contribution in [-0.2, 0) is 11.0 Å². The number of hydrogen-bond acceptors (Lipinski definition) is 3. The van der Waals surface area contributed by atoms with Gasteiger partial charge in [-0.2, -0.15) is 13.2 Å². The van der Waals surface area contributed by atoms with Crippen LogP contribution < -0.4 is 10.6 Å². The smallest absolute Gasteiger partial charge is 0.396 e. The van der Waals surface area contributed by atoms with Crippen LogP contribution in [0.1, 0.15) is 12.0 Å². The highest BCUT2D eigenvalue weighted by molar-refractivity contribution is 5.94. The van der Waals surface area contributed by atoms with Crippen LogP contribution in [0, 0.1) is 5.82 Å². The van der Waals surface area contributed by atoms with Gasteiger partial charge in [-0.25, -0.2) is 9.18 Å². The molecule has 1 aromatic rings. The summed E-state index contributed by atoms with van der Waals surface area (Å²) in [5, 5.41) is 13.5. The third-order valence-electron chi connectivity index (χ3n) is 3.54. The molecule has 0 bridgehead atoms. The largest absolute Gasteiger partial charge is 0.419 e. The molecule has 0 aliphatic carbocycles. The van der Waals surface area contributed by atoms with E-state index in [1.165, 1.54) is 0 Å². The predicted octanol–water partition coefficient (Wildman–Crippen LogP) is 1.56. The molecule has 0 unspecified atom stereocenters. The van der Waals surface area contributed by atoms with E-state index in [1.54, 1.807) is 0 Å². The molecule has 132 valence electrons. The zero-order valence-electron chi connectivity index (χ0n) is 12.4. The average Bonchev–Trinajstić information content (AvgIpc) is 2.50. The minimum atomic E-state index is -4.89. The van der Waals surface area contributed by atoms with Gasteiger partial charge in [-0.15, -0.1) is 0 Å². The van der Waals surface area contributed by atoms with E-state index in [0.29, 0.717) is 6.07 Å². The van der Waals surface area contributed by atoms with Crippen molar-refractivity contribution in [3.8, 4) is 0 Å². The van der Waals surface area contributed by atoms with E-state index in [9.17, 15) is 27.2 Å². The maximum Gasteiger partial charge on any atom is 0.419 e. The van der Waals surface area contributed by atoms with Gasteiger partial charge in [0.2, 0.25) is 5.91 Å². The van der Waals surface area contributed by atoms with Gasteiger partial charge in [0.05, 0.1) is 11.3 Å². The van der Waals surface area contributed by atoms with Crippen LogP contribution >= 0.6 is 0 Å². The molecule has 2 rings (SSSR count). The van der Waals surface area contributed by atoms with E-state index in [2.05, 4.69) is 10.6 Å². The number of carbonyl (C=O) groups is 2. The first-order valence-corrected chi connectivity index (χ1v) is 7.07. The van der Waals surface area contributed by atoms with Crippen LogP contribution in [0.2, 0.25) is 0 Å². The molecule has 1 fully saturated rings. The Kier molecular flexibility index (Phi) is 5.27. The summed E-state index contributed by atoms with van der Waals surface area (Å²) in [6.07, 6.45) is -4.93. The molecular formula is C14H15F4N3O3. The molecule has 3 amide bonds. The van der Waals surface area contributed by atoms with Crippen molar-refractivity contribution in [2.75, 3.05) is 25.0 Å². The normalized spacial score (nSPS) is 18.3. The Bertz CT molecular complexity index is 636. The van der Waals surface area contributed by atoms with Gasteiger partial charge in [-0.05, 0) is 18.6 Å². The first-order chi connectivity index (χ1) is 11.3. The number of anilines is 1. The zero-order chi connectivity index (χ0) is 17.9. The monoisotopic (exact) mass is 349 g/mol. The van der Waals surface area contributed by atoms with Gasteiger partial charge in [-0.3, -0.25) is 4.79 Å².